The largest absolute Gasteiger partial charge is 0.429 e. The van der Waals surface area contributed by atoms with Gasteiger partial charge in [-0.15, -0.1) is 0 Å². The highest BCUT2D eigenvalue weighted by molar-refractivity contribution is 5.86. The lowest BCUT2D eigenvalue weighted by Crippen LogP contribution is -2.64. The van der Waals surface area contributed by atoms with E-state index in [1.54, 1.807) is 0 Å². The molecule has 0 bridgehead atoms. The zero-order valence-corrected chi connectivity index (χ0v) is 19.4. The van der Waals surface area contributed by atoms with E-state index in [1.807, 2.05) is 0 Å². The molecule has 0 spiro atoms. The Morgan fingerprint density at radius 3 is 2.39 bits per heavy atom. The number of carbonyl (C=O) groups excluding carboxylic acids is 2. The molecule has 4 aliphatic carbocycles. The molecule has 170 valence electrons. The molecule has 0 aromatic rings. The number of Topliss-reactive ketones (excluding diaryl/α,β-unsaturated/α-hetero) is 1. The highest BCUT2D eigenvalue weighted by Gasteiger charge is 2.68. The SMILES string of the molecule is CC1(C)C(=O)CC[C@]2(C)[C@H]3CC[C@]4(C)C(=CC[C@H]4C4=CC(=O)O[C@@H]4O)[C@]3(C)[C@H](O)C[C@@H]12. The number of fused-ring (bicyclic) bond motifs is 5. The van der Waals surface area contributed by atoms with Crippen LogP contribution in [0.1, 0.15) is 73.1 Å². The number of esters is 1. The second-order valence-corrected chi connectivity index (χ2v) is 12.1. The van der Waals surface area contributed by atoms with Crippen LogP contribution < -0.4 is 0 Å². The highest BCUT2D eigenvalue weighted by Crippen LogP contribution is 2.72. The predicted molar refractivity (Wildman–Crippen MR) is 116 cm³/mol. The van der Waals surface area contributed by atoms with Gasteiger partial charge in [-0.1, -0.05) is 46.3 Å². The van der Waals surface area contributed by atoms with E-state index in [1.165, 1.54) is 11.6 Å². The summed E-state index contributed by atoms with van der Waals surface area (Å²) in [6.07, 6.45) is 6.93. The van der Waals surface area contributed by atoms with Crippen LogP contribution in [0.5, 0.6) is 0 Å². The molecular weight excluding hydrogens is 392 g/mol. The zero-order valence-electron chi connectivity index (χ0n) is 19.4. The summed E-state index contributed by atoms with van der Waals surface area (Å²) >= 11 is 0. The molecule has 3 fully saturated rings. The average Bonchev–Trinajstić information content (AvgIpc) is 3.20. The fourth-order valence-electron chi connectivity index (χ4n) is 8.96. The average molecular weight is 429 g/mol. The van der Waals surface area contributed by atoms with Crippen molar-refractivity contribution in [3.63, 3.8) is 0 Å². The fraction of sp³-hybridized carbons (Fsp3) is 0.769. The fourth-order valence-corrected chi connectivity index (χ4v) is 8.96. The number of ether oxygens (including phenoxy) is 1. The minimum Gasteiger partial charge on any atom is -0.429 e. The lowest BCUT2D eigenvalue weighted by molar-refractivity contribution is -0.190. The van der Waals surface area contributed by atoms with Crippen LogP contribution in [0.3, 0.4) is 0 Å². The summed E-state index contributed by atoms with van der Waals surface area (Å²) in [5.41, 5.74) is 1.00. The summed E-state index contributed by atoms with van der Waals surface area (Å²) in [4.78, 5) is 24.6. The number of hydrogen-bond donors (Lipinski definition) is 2. The van der Waals surface area contributed by atoms with Gasteiger partial charge in [-0.2, -0.15) is 0 Å². The Balaban J connectivity index is 1.55. The summed E-state index contributed by atoms with van der Waals surface area (Å²) in [6.45, 7) is 11.0. The van der Waals surface area contributed by atoms with Crippen LogP contribution in [-0.2, 0) is 14.3 Å². The van der Waals surface area contributed by atoms with E-state index < -0.39 is 23.8 Å². The number of aliphatic hydroxyl groups excluding tert-OH is 2. The van der Waals surface area contributed by atoms with E-state index in [2.05, 4.69) is 40.7 Å². The smallest absolute Gasteiger partial charge is 0.333 e. The van der Waals surface area contributed by atoms with Crippen LogP contribution in [0.2, 0.25) is 0 Å². The van der Waals surface area contributed by atoms with Crippen molar-refractivity contribution in [1.29, 1.82) is 0 Å². The number of allylic oxidation sites excluding steroid dienone is 1. The van der Waals surface area contributed by atoms with Crippen LogP contribution >= 0.6 is 0 Å². The lowest BCUT2D eigenvalue weighted by atomic mass is 9.37. The molecule has 5 rings (SSSR count). The monoisotopic (exact) mass is 428 g/mol. The van der Waals surface area contributed by atoms with Gasteiger partial charge in [0.25, 0.3) is 0 Å². The van der Waals surface area contributed by atoms with E-state index in [9.17, 15) is 19.8 Å². The normalized spacial score (nSPS) is 50.7. The van der Waals surface area contributed by atoms with E-state index in [0.717, 1.165) is 25.7 Å². The Hall–Kier alpha value is -1.46. The maximum atomic E-state index is 12.8. The van der Waals surface area contributed by atoms with Gasteiger partial charge in [0.1, 0.15) is 5.78 Å². The van der Waals surface area contributed by atoms with Gasteiger partial charge >= 0.3 is 5.97 Å². The molecule has 0 radical (unpaired) electrons. The van der Waals surface area contributed by atoms with E-state index >= 15 is 0 Å². The molecule has 5 nitrogen and oxygen atoms in total. The third kappa shape index (κ3) is 2.51. The molecular formula is C26H36O5. The quantitative estimate of drug-likeness (QED) is 0.488. The number of aliphatic hydroxyl groups is 2. The third-order valence-corrected chi connectivity index (χ3v) is 10.6. The topological polar surface area (TPSA) is 83.8 Å². The molecule has 8 atom stereocenters. The van der Waals surface area contributed by atoms with Crippen molar-refractivity contribution in [2.24, 2.45) is 39.4 Å². The van der Waals surface area contributed by atoms with Crippen molar-refractivity contribution in [3.8, 4) is 0 Å². The maximum Gasteiger partial charge on any atom is 0.333 e. The predicted octanol–water partition coefficient (Wildman–Crippen LogP) is 3.93. The molecule has 2 N–H and O–H groups in total. The second kappa shape index (κ2) is 6.32. The molecule has 0 aromatic heterocycles. The summed E-state index contributed by atoms with van der Waals surface area (Å²) < 4.78 is 5.00. The maximum absolute atomic E-state index is 12.8. The van der Waals surface area contributed by atoms with Crippen LogP contribution in [0, 0.1) is 39.4 Å². The second-order valence-electron chi connectivity index (χ2n) is 12.1. The van der Waals surface area contributed by atoms with Crippen LogP contribution in [0.15, 0.2) is 23.3 Å². The van der Waals surface area contributed by atoms with Crippen LogP contribution in [0.25, 0.3) is 0 Å². The van der Waals surface area contributed by atoms with Crippen LogP contribution in [-0.4, -0.2) is 34.4 Å². The van der Waals surface area contributed by atoms with E-state index in [0.29, 0.717) is 30.1 Å². The number of ketones is 1. The molecule has 1 heterocycles. The molecule has 0 saturated heterocycles. The van der Waals surface area contributed by atoms with Gasteiger partial charge in [-0.05, 0) is 60.7 Å². The first-order chi connectivity index (χ1) is 14.4. The number of carbonyl (C=O) groups is 2. The summed E-state index contributed by atoms with van der Waals surface area (Å²) in [7, 11) is 0. The minimum atomic E-state index is -1.16. The van der Waals surface area contributed by atoms with Crippen molar-refractivity contribution in [3.05, 3.63) is 23.3 Å². The molecule has 0 unspecified atom stereocenters. The van der Waals surface area contributed by atoms with Gasteiger partial charge in [0, 0.05) is 28.9 Å². The molecule has 5 heteroatoms. The van der Waals surface area contributed by atoms with Crippen molar-refractivity contribution >= 4 is 11.8 Å². The van der Waals surface area contributed by atoms with Gasteiger partial charge in [0.05, 0.1) is 6.10 Å². The van der Waals surface area contributed by atoms with Crippen molar-refractivity contribution < 1.29 is 24.5 Å². The Morgan fingerprint density at radius 1 is 1.03 bits per heavy atom. The van der Waals surface area contributed by atoms with Gasteiger partial charge in [-0.25, -0.2) is 4.79 Å². The molecule has 31 heavy (non-hydrogen) atoms. The van der Waals surface area contributed by atoms with Gasteiger partial charge < -0.3 is 14.9 Å². The Labute approximate surface area is 184 Å². The van der Waals surface area contributed by atoms with Crippen molar-refractivity contribution in [1.82, 2.24) is 0 Å². The third-order valence-electron chi connectivity index (χ3n) is 10.6. The van der Waals surface area contributed by atoms with E-state index in [4.69, 9.17) is 4.74 Å². The van der Waals surface area contributed by atoms with E-state index in [-0.39, 0.29) is 28.1 Å². The number of hydrogen-bond acceptors (Lipinski definition) is 5. The minimum absolute atomic E-state index is 0.0108. The Morgan fingerprint density at radius 2 is 1.74 bits per heavy atom. The number of cyclic esters (lactones) is 1. The standard InChI is InChI=1S/C26H36O5/c1-23(2)18-13-20(28)26(5)16-7-6-15(14-12-21(29)31-22(14)30)24(16,3)10-8-17(26)25(18,4)11-9-19(23)27/h7,12,15,17-18,20,22,28,30H,6,8-11,13H2,1-5H3/t15-,17+,18-,20+,22-,24-,25+,26-/m0/s1. The molecule has 5 aliphatic rings. The van der Waals surface area contributed by atoms with Crippen molar-refractivity contribution in [2.45, 2.75) is 85.5 Å². The summed E-state index contributed by atoms with van der Waals surface area (Å²) in [5.74, 6) is 0.366. The lowest BCUT2D eigenvalue weighted by Gasteiger charge is -2.67. The zero-order chi connectivity index (χ0) is 22.6. The molecule has 1 aliphatic heterocycles. The molecule has 3 saturated carbocycles. The van der Waals surface area contributed by atoms with Gasteiger partial charge in [0.2, 0.25) is 6.29 Å². The van der Waals surface area contributed by atoms with Crippen LogP contribution in [0.4, 0.5) is 0 Å². The molecule has 0 aromatic carbocycles. The first-order valence-electron chi connectivity index (χ1n) is 11.9. The van der Waals surface area contributed by atoms with Gasteiger partial charge in [0.15, 0.2) is 0 Å². The first kappa shape index (κ1) is 21.4. The highest BCUT2D eigenvalue weighted by atomic mass is 16.6. The summed E-state index contributed by atoms with van der Waals surface area (Å²) in [5, 5.41) is 22.0. The molecule has 0 amide bonds. The number of rotatable bonds is 1. The summed E-state index contributed by atoms with van der Waals surface area (Å²) in [6, 6.07) is 0. The first-order valence-corrected chi connectivity index (χ1v) is 11.9. The Kier molecular flexibility index (Phi) is 4.36. The Bertz CT molecular complexity index is 915. The van der Waals surface area contributed by atoms with Crippen molar-refractivity contribution in [2.75, 3.05) is 0 Å². The van der Waals surface area contributed by atoms with Gasteiger partial charge in [-0.3, -0.25) is 4.79 Å².